The second-order valence-electron chi connectivity index (χ2n) is 5.60. The zero-order chi connectivity index (χ0) is 17.6. The van der Waals surface area contributed by atoms with Crippen LogP contribution in [-0.4, -0.2) is 29.1 Å². The number of benzene rings is 1. The monoisotopic (exact) mass is 360 g/mol. The minimum absolute atomic E-state index is 0.244. The molecule has 0 aliphatic rings. The number of nitrogens with zero attached hydrogens (tertiary/aromatic N) is 6. The van der Waals surface area contributed by atoms with E-state index in [1.807, 2.05) is 19.9 Å². The molecule has 25 heavy (non-hydrogen) atoms. The van der Waals surface area contributed by atoms with E-state index in [2.05, 4.69) is 20.1 Å². The van der Waals surface area contributed by atoms with E-state index in [9.17, 15) is 8.78 Å². The molecule has 128 valence electrons. The van der Waals surface area contributed by atoms with Gasteiger partial charge in [0.05, 0.1) is 16.8 Å². The van der Waals surface area contributed by atoms with Crippen LogP contribution in [0.1, 0.15) is 23.8 Å². The molecule has 0 spiro atoms. The summed E-state index contributed by atoms with van der Waals surface area (Å²) in [5.74, 6) is 1.04. The molecule has 0 atom stereocenters. The fraction of sp³-hybridized carbons (Fsp3) is 0.250. The van der Waals surface area contributed by atoms with Gasteiger partial charge < -0.3 is 0 Å². The lowest BCUT2D eigenvalue weighted by molar-refractivity contribution is 0.0722. The molecule has 0 radical (unpaired) electrons. The molecule has 1 aromatic carbocycles. The lowest BCUT2D eigenvalue weighted by Gasteiger charge is -2.06. The molecule has 3 heterocycles. The lowest BCUT2D eigenvalue weighted by atomic mass is 10.3. The fourth-order valence-corrected chi connectivity index (χ4v) is 3.50. The van der Waals surface area contributed by atoms with Crippen molar-refractivity contribution in [3.8, 4) is 0 Å². The minimum atomic E-state index is -2.65. The zero-order valence-electron chi connectivity index (χ0n) is 13.5. The van der Waals surface area contributed by atoms with Crippen LogP contribution in [0.2, 0.25) is 0 Å². The Morgan fingerprint density at radius 1 is 1.12 bits per heavy atom. The van der Waals surface area contributed by atoms with Crippen molar-refractivity contribution in [3.05, 3.63) is 47.5 Å². The highest BCUT2D eigenvalue weighted by Gasteiger charge is 2.18. The van der Waals surface area contributed by atoms with Gasteiger partial charge in [0.15, 0.2) is 0 Å². The fourth-order valence-electron chi connectivity index (χ4n) is 2.75. The molecular formula is C16H14F2N6S. The van der Waals surface area contributed by atoms with Crippen molar-refractivity contribution in [2.75, 3.05) is 0 Å². The number of aryl methyl sites for hydroxylation is 2. The normalized spacial score (nSPS) is 11.9. The van der Waals surface area contributed by atoms with E-state index in [0.717, 1.165) is 16.0 Å². The Morgan fingerprint density at radius 2 is 1.92 bits per heavy atom. The summed E-state index contributed by atoms with van der Waals surface area (Å²) in [6.45, 7) is 1.16. The third-order valence-corrected chi connectivity index (χ3v) is 4.63. The van der Waals surface area contributed by atoms with Gasteiger partial charge in [-0.15, -0.1) is 5.10 Å². The van der Waals surface area contributed by atoms with Crippen molar-refractivity contribution in [3.63, 3.8) is 0 Å². The van der Waals surface area contributed by atoms with Gasteiger partial charge in [0.25, 0.3) is 5.78 Å². The summed E-state index contributed by atoms with van der Waals surface area (Å²) in [7, 11) is 0. The van der Waals surface area contributed by atoms with E-state index >= 15 is 0 Å². The van der Waals surface area contributed by atoms with Crippen LogP contribution in [0.5, 0.6) is 0 Å². The molecule has 9 heteroatoms. The number of aromatic nitrogens is 6. The Morgan fingerprint density at radius 3 is 2.72 bits per heavy atom. The molecule has 0 saturated heterocycles. The maximum absolute atomic E-state index is 13.4. The third-order valence-electron chi connectivity index (χ3n) is 3.79. The molecule has 0 N–H and O–H groups in total. The number of hydrogen-bond donors (Lipinski definition) is 0. The molecule has 0 amide bonds. The van der Waals surface area contributed by atoms with Crippen LogP contribution in [0.15, 0.2) is 35.5 Å². The molecule has 0 aliphatic carbocycles. The highest BCUT2D eigenvalue weighted by atomic mass is 32.2. The summed E-state index contributed by atoms with van der Waals surface area (Å²) in [5.41, 5.74) is 2.74. The van der Waals surface area contributed by atoms with E-state index in [-0.39, 0.29) is 5.75 Å². The molecule has 0 bridgehead atoms. The molecule has 0 fully saturated rings. The summed E-state index contributed by atoms with van der Waals surface area (Å²) in [5, 5.41) is 4.86. The second-order valence-corrected chi connectivity index (χ2v) is 6.54. The average Bonchev–Trinajstić information content (AvgIpc) is 3.13. The van der Waals surface area contributed by atoms with Gasteiger partial charge in [0.1, 0.15) is 5.82 Å². The van der Waals surface area contributed by atoms with Gasteiger partial charge in [-0.05, 0) is 32.0 Å². The highest BCUT2D eigenvalue weighted by molar-refractivity contribution is 7.98. The van der Waals surface area contributed by atoms with E-state index in [0.29, 0.717) is 27.8 Å². The maximum Gasteiger partial charge on any atom is 0.320 e. The first kappa shape index (κ1) is 15.9. The van der Waals surface area contributed by atoms with Gasteiger partial charge in [-0.3, -0.25) is 4.57 Å². The van der Waals surface area contributed by atoms with Crippen LogP contribution in [0.3, 0.4) is 0 Å². The number of alkyl halides is 2. The topological polar surface area (TPSA) is 60.9 Å². The summed E-state index contributed by atoms with van der Waals surface area (Å²) < 4.78 is 29.5. The molecule has 4 aromatic rings. The Labute approximate surface area is 145 Å². The first-order valence-electron chi connectivity index (χ1n) is 7.61. The maximum atomic E-state index is 13.4. The van der Waals surface area contributed by atoms with E-state index in [4.69, 9.17) is 0 Å². The first-order valence-corrected chi connectivity index (χ1v) is 8.59. The summed E-state index contributed by atoms with van der Waals surface area (Å²) in [6, 6.07) is 8.78. The Kier molecular flexibility index (Phi) is 3.87. The molecule has 4 rings (SSSR count). The molecule has 6 nitrogen and oxygen atoms in total. The predicted molar refractivity (Wildman–Crippen MR) is 90.8 cm³/mol. The van der Waals surface area contributed by atoms with Crippen LogP contribution >= 0.6 is 11.8 Å². The lowest BCUT2D eigenvalue weighted by Crippen LogP contribution is -2.03. The second kappa shape index (κ2) is 6.07. The highest BCUT2D eigenvalue weighted by Crippen LogP contribution is 2.27. The van der Waals surface area contributed by atoms with Crippen molar-refractivity contribution in [1.29, 1.82) is 0 Å². The van der Waals surface area contributed by atoms with Gasteiger partial charge >= 0.3 is 6.55 Å². The van der Waals surface area contributed by atoms with E-state index in [1.165, 1.54) is 11.8 Å². The molecule has 0 unspecified atom stereocenters. The van der Waals surface area contributed by atoms with E-state index in [1.54, 1.807) is 28.8 Å². The number of fused-ring (bicyclic) bond motifs is 2. The predicted octanol–water partition coefficient (Wildman–Crippen LogP) is 3.78. The van der Waals surface area contributed by atoms with E-state index < -0.39 is 6.55 Å². The standard InChI is InChI=1S/C16H14F2N6S/c1-9-7-10(2)24-15(19-9)21-16(22-24)25-8-13-20-11-5-3-4-6-12(11)23(13)14(17)18/h3-7,14H,8H2,1-2H3. The van der Waals surface area contributed by atoms with Gasteiger partial charge in [0.2, 0.25) is 5.16 Å². The van der Waals surface area contributed by atoms with Crippen molar-refractivity contribution in [1.82, 2.24) is 29.1 Å². The van der Waals surface area contributed by atoms with Gasteiger partial charge in [-0.2, -0.15) is 13.8 Å². The first-order chi connectivity index (χ1) is 12.0. The summed E-state index contributed by atoms with van der Waals surface area (Å²) >= 11 is 1.26. The SMILES string of the molecule is Cc1cc(C)n2nc(SCc3nc4ccccc4n3C(F)F)nc2n1. The number of para-hydroxylation sites is 2. The third kappa shape index (κ3) is 2.84. The van der Waals surface area contributed by atoms with Crippen LogP contribution in [-0.2, 0) is 5.75 Å². The zero-order valence-corrected chi connectivity index (χ0v) is 14.3. The smallest absolute Gasteiger partial charge is 0.269 e. The van der Waals surface area contributed by atoms with Crippen LogP contribution < -0.4 is 0 Å². The largest absolute Gasteiger partial charge is 0.320 e. The van der Waals surface area contributed by atoms with Gasteiger partial charge in [-0.1, -0.05) is 23.9 Å². The Hall–Kier alpha value is -2.55. The molecular weight excluding hydrogens is 346 g/mol. The average molecular weight is 360 g/mol. The Bertz CT molecular complexity index is 1070. The van der Waals surface area contributed by atoms with Gasteiger partial charge in [0, 0.05) is 11.4 Å². The molecule has 0 aliphatic heterocycles. The number of imidazole rings is 1. The van der Waals surface area contributed by atoms with Crippen molar-refractivity contribution < 1.29 is 8.78 Å². The quantitative estimate of drug-likeness (QED) is 0.518. The number of hydrogen-bond acceptors (Lipinski definition) is 5. The van der Waals surface area contributed by atoms with Gasteiger partial charge in [-0.25, -0.2) is 14.5 Å². The van der Waals surface area contributed by atoms with Crippen molar-refractivity contribution in [2.45, 2.75) is 31.3 Å². The summed E-state index contributed by atoms with van der Waals surface area (Å²) in [6.07, 6.45) is 0. The minimum Gasteiger partial charge on any atom is -0.269 e. The van der Waals surface area contributed by atoms with Crippen LogP contribution in [0, 0.1) is 13.8 Å². The molecule has 0 saturated carbocycles. The van der Waals surface area contributed by atoms with Crippen molar-refractivity contribution >= 4 is 28.6 Å². The van der Waals surface area contributed by atoms with Crippen LogP contribution in [0.4, 0.5) is 8.78 Å². The van der Waals surface area contributed by atoms with Crippen molar-refractivity contribution in [2.24, 2.45) is 0 Å². The number of thioether (sulfide) groups is 1. The number of rotatable bonds is 4. The Balaban J connectivity index is 1.66. The summed E-state index contributed by atoms with van der Waals surface area (Å²) in [4.78, 5) is 13.0. The van der Waals surface area contributed by atoms with Crippen LogP contribution in [0.25, 0.3) is 16.8 Å². The number of halogens is 2. The molecule has 3 aromatic heterocycles.